The fourth-order valence-electron chi connectivity index (χ4n) is 2.49. The Hall–Kier alpha value is -1.14. The maximum atomic E-state index is 12.3. The highest BCUT2D eigenvalue weighted by Crippen LogP contribution is 2.12. The van der Waals surface area contributed by atoms with Crippen molar-refractivity contribution in [3.05, 3.63) is 0 Å². The van der Waals surface area contributed by atoms with Gasteiger partial charge in [-0.1, -0.05) is 13.3 Å². The zero-order valence-electron chi connectivity index (χ0n) is 11.7. The highest BCUT2D eigenvalue weighted by atomic mass is 16.4. The van der Waals surface area contributed by atoms with Crippen LogP contribution in [0.3, 0.4) is 0 Å². The van der Waals surface area contributed by atoms with Crippen molar-refractivity contribution in [2.24, 2.45) is 11.7 Å². The summed E-state index contributed by atoms with van der Waals surface area (Å²) in [6.45, 7) is 5.16. The smallest absolute Gasteiger partial charge is 0.317 e. The summed E-state index contributed by atoms with van der Waals surface area (Å²) >= 11 is 0. The van der Waals surface area contributed by atoms with Gasteiger partial charge < -0.3 is 15.7 Å². The number of rotatable bonds is 6. The second-order valence-corrected chi connectivity index (χ2v) is 5.07. The Morgan fingerprint density at radius 1 is 1.26 bits per heavy atom. The topological polar surface area (TPSA) is 86.9 Å². The highest BCUT2D eigenvalue weighted by Gasteiger charge is 2.25. The van der Waals surface area contributed by atoms with Crippen LogP contribution < -0.4 is 5.73 Å². The lowest BCUT2D eigenvalue weighted by Crippen LogP contribution is -2.41. The molecule has 6 nitrogen and oxygen atoms in total. The van der Waals surface area contributed by atoms with Gasteiger partial charge in [0.05, 0.1) is 12.5 Å². The lowest BCUT2D eigenvalue weighted by atomic mass is 10.0. The van der Waals surface area contributed by atoms with Gasteiger partial charge >= 0.3 is 5.97 Å². The summed E-state index contributed by atoms with van der Waals surface area (Å²) in [6, 6.07) is 0. The molecule has 19 heavy (non-hydrogen) atoms. The number of carboxylic acid groups (broad SMARTS) is 1. The Labute approximate surface area is 114 Å². The Morgan fingerprint density at radius 2 is 2.00 bits per heavy atom. The van der Waals surface area contributed by atoms with Crippen molar-refractivity contribution in [1.82, 2.24) is 9.80 Å². The molecule has 0 radical (unpaired) electrons. The van der Waals surface area contributed by atoms with E-state index in [0.717, 1.165) is 25.8 Å². The van der Waals surface area contributed by atoms with Gasteiger partial charge in [0.25, 0.3) is 0 Å². The Kier molecular flexibility index (Phi) is 6.80. The van der Waals surface area contributed by atoms with E-state index in [1.54, 1.807) is 0 Å². The summed E-state index contributed by atoms with van der Waals surface area (Å²) in [5.41, 5.74) is 5.66. The van der Waals surface area contributed by atoms with E-state index >= 15 is 0 Å². The molecule has 1 saturated heterocycles. The van der Waals surface area contributed by atoms with Crippen LogP contribution in [-0.4, -0.2) is 66.1 Å². The first kappa shape index (κ1) is 15.9. The molecule has 0 aromatic carbocycles. The number of nitrogens with two attached hydrogens (primary N) is 1. The third-order valence-corrected chi connectivity index (χ3v) is 3.53. The maximum Gasteiger partial charge on any atom is 0.317 e. The second-order valence-electron chi connectivity index (χ2n) is 5.07. The van der Waals surface area contributed by atoms with Gasteiger partial charge in [-0.2, -0.15) is 0 Å². The van der Waals surface area contributed by atoms with Crippen LogP contribution in [0.15, 0.2) is 0 Å². The maximum absolute atomic E-state index is 12.3. The van der Waals surface area contributed by atoms with E-state index in [1.807, 2.05) is 16.7 Å². The molecule has 1 fully saturated rings. The molecule has 1 atom stereocenters. The Bertz CT molecular complexity index is 310. The number of carbonyl (C=O) groups excluding carboxylic acids is 1. The molecular formula is C13H25N3O3. The molecule has 6 heteroatoms. The van der Waals surface area contributed by atoms with Crippen LogP contribution in [0.4, 0.5) is 0 Å². The Morgan fingerprint density at radius 3 is 2.58 bits per heavy atom. The predicted molar refractivity (Wildman–Crippen MR) is 72.7 cm³/mol. The molecule has 0 spiro atoms. The number of nitrogens with zero attached hydrogens (tertiary/aromatic N) is 2. The van der Waals surface area contributed by atoms with Crippen LogP contribution in [0.2, 0.25) is 0 Å². The quantitative estimate of drug-likeness (QED) is 0.709. The molecule has 3 N–H and O–H groups in total. The molecule has 0 aliphatic carbocycles. The summed E-state index contributed by atoms with van der Waals surface area (Å²) in [5, 5.41) is 8.79. The molecule has 1 heterocycles. The lowest BCUT2D eigenvalue weighted by Gasteiger charge is -2.25. The largest absolute Gasteiger partial charge is 0.480 e. The lowest BCUT2D eigenvalue weighted by molar-refractivity contribution is -0.138. The van der Waals surface area contributed by atoms with Crippen LogP contribution in [0.5, 0.6) is 0 Å². The molecule has 1 rings (SSSR count). The monoisotopic (exact) mass is 271 g/mol. The fourth-order valence-corrected chi connectivity index (χ4v) is 2.49. The van der Waals surface area contributed by atoms with Crippen molar-refractivity contribution in [3.63, 3.8) is 0 Å². The van der Waals surface area contributed by atoms with Crippen molar-refractivity contribution < 1.29 is 14.7 Å². The van der Waals surface area contributed by atoms with Crippen LogP contribution in [0.25, 0.3) is 0 Å². The molecule has 1 aliphatic rings. The first-order valence-corrected chi connectivity index (χ1v) is 7.01. The SMILES string of the molecule is CCCC(CN)C(=O)N1CCCN(CC(=O)O)CC1. The molecule has 1 unspecified atom stereocenters. The Balaban J connectivity index is 2.51. The molecule has 0 aromatic heterocycles. The summed E-state index contributed by atoms with van der Waals surface area (Å²) in [6.07, 6.45) is 2.60. The highest BCUT2D eigenvalue weighted by molar-refractivity contribution is 5.79. The van der Waals surface area contributed by atoms with Crippen LogP contribution >= 0.6 is 0 Å². The zero-order valence-corrected chi connectivity index (χ0v) is 11.7. The van der Waals surface area contributed by atoms with E-state index in [-0.39, 0.29) is 18.4 Å². The van der Waals surface area contributed by atoms with Crippen molar-refractivity contribution in [3.8, 4) is 0 Å². The number of aliphatic carboxylic acids is 1. The van der Waals surface area contributed by atoms with E-state index in [2.05, 4.69) is 0 Å². The van der Waals surface area contributed by atoms with Crippen LogP contribution in [-0.2, 0) is 9.59 Å². The van der Waals surface area contributed by atoms with Gasteiger partial charge in [0, 0.05) is 32.7 Å². The minimum absolute atomic E-state index is 0.0529. The first-order valence-electron chi connectivity index (χ1n) is 7.01. The molecular weight excluding hydrogens is 246 g/mol. The predicted octanol–water partition coefficient (Wildman–Crippen LogP) is -0.0197. The molecule has 0 bridgehead atoms. The summed E-state index contributed by atoms with van der Waals surface area (Å²) in [5.74, 6) is -0.775. The van der Waals surface area contributed by atoms with Crippen LogP contribution in [0, 0.1) is 5.92 Å². The summed E-state index contributed by atoms with van der Waals surface area (Å²) in [7, 11) is 0. The number of amides is 1. The van der Waals surface area contributed by atoms with Crippen LogP contribution in [0.1, 0.15) is 26.2 Å². The van der Waals surface area contributed by atoms with E-state index in [1.165, 1.54) is 0 Å². The normalized spacial score (nSPS) is 18.9. The van der Waals surface area contributed by atoms with Gasteiger partial charge in [0.1, 0.15) is 0 Å². The second kappa shape index (κ2) is 8.12. The summed E-state index contributed by atoms with van der Waals surface area (Å²) in [4.78, 5) is 26.7. The third-order valence-electron chi connectivity index (χ3n) is 3.53. The molecule has 0 aromatic rings. The molecule has 1 amide bonds. The number of hydrogen-bond donors (Lipinski definition) is 2. The van der Waals surface area contributed by atoms with E-state index in [4.69, 9.17) is 10.8 Å². The van der Waals surface area contributed by atoms with E-state index in [9.17, 15) is 9.59 Å². The number of hydrogen-bond acceptors (Lipinski definition) is 4. The van der Waals surface area contributed by atoms with Crippen molar-refractivity contribution in [1.29, 1.82) is 0 Å². The number of carbonyl (C=O) groups is 2. The van der Waals surface area contributed by atoms with Gasteiger partial charge in [-0.15, -0.1) is 0 Å². The van der Waals surface area contributed by atoms with Gasteiger partial charge in [0.15, 0.2) is 0 Å². The van der Waals surface area contributed by atoms with E-state index < -0.39 is 5.97 Å². The fraction of sp³-hybridized carbons (Fsp3) is 0.846. The van der Waals surface area contributed by atoms with Crippen molar-refractivity contribution in [2.75, 3.05) is 39.3 Å². The van der Waals surface area contributed by atoms with E-state index in [0.29, 0.717) is 26.2 Å². The average molecular weight is 271 g/mol. The zero-order chi connectivity index (χ0) is 14.3. The van der Waals surface area contributed by atoms with Gasteiger partial charge in [-0.05, 0) is 12.8 Å². The molecule has 0 saturated carbocycles. The molecule has 1 aliphatic heterocycles. The van der Waals surface area contributed by atoms with Gasteiger partial charge in [-0.25, -0.2) is 0 Å². The average Bonchev–Trinajstić information content (AvgIpc) is 2.60. The standard InChI is InChI=1S/C13H25N3O3/c1-2-4-11(9-14)13(19)16-6-3-5-15(7-8-16)10-12(17)18/h11H,2-10,14H2,1H3,(H,17,18). The number of carboxylic acids is 1. The van der Waals surface area contributed by atoms with Gasteiger partial charge in [0.2, 0.25) is 5.91 Å². The minimum Gasteiger partial charge on any atom is -0.480 e. The van der Waals surface area contributed by atoms with Gasteiger partial charge in [-0.3, -0.25) is 14.5 Å². The first-order chi connectivity index (χ1) is 9.08. The molecule has 110 valence electrons. The van der Waals surface area contributed by atoms with Crippen molar-refractivity contribution in [2.45, 2.75) is 26.2 Å². The van der Waals surface area contributed by atoms with Crippen molar-refractivity contribution >= 4 is 11.9 Å². The summed E-state index contributed by atoms with van der Waals surface area (Å²) < 4.78 is 0. The minimum atomic E-state index is -0.814. The third kappa shape index (κ3) is 5.16.